The SMILES string of the molecule is CN1CCN(c2ccc(NC(=O)CCNC(C)(C)C)cc2)CC1. The molecular formula is C18H30N4O. The summed E-state index contributed by atoms with van der Waals surface area (Å²) in [5, 5.41) is 6.28. The van der Waals surface area contributed by atoms with Gasteiger partial charge in [-0.05, 0) is 52.1 Å². The smallest absolute Gasteiger partial charge is 0.225 e. The molecule has 1 aromatic rings. The average Bonchev–Trinajstić information content (AvgIpc) is 2.47. The second-order valence-electron chi connectivity index (χ2n) is 7.31. The summed E-state index contributed by atoms with van der Waals surface area (Å²) in [6.45, 7) is 11.3. The van der Waals surface area contributed by atoms with Crippen molar-refractivity contribution in [1.82, 2.24) is 10.2 Å². The highest BCUT2D eigenvalue weighted by atomic mass is 16.1. The van der Waals surface area contributed by atoms with Crippen LogP contribution in [0.3, 0.4) is 0 Å². The molecule has 0 bridgehead atoms. The number of hydrogen-bond acceptors (Lipinski definition) is 4. The third-order valence-electron chi connectivity index (χ3n) is 4.03. The maximum atomic E-state index is 12.0. The molecule has 128 valence electrons. The van der Waals surface area contributed by atoms with Gasteiger partial charge in [-0.3, -0.25) is 4.79 Å². The maximum Gasteiger partial charge on any atom is 0.225 e. The molecule has 1 aromatic carbocycles. The van der Waals surface area contributed by atoms with Crippen molar-refractivity contribution < 1.29 is 4.79 Å². The van der Waals surface area contributed by atoms with Crippen LogP contribution in [0.5, 0.6) is 0 Å². The minimum atomic E-state index is 0.0461. The van der Waals surface area contributed by atoms with Gasteiger partial charge in [0.2, 0.25) is 5.91 Å². The third-order valence-corrected chi connectivity index (χ3v) is 4.03. The lowest BCUT2D eigenvalue weighted by atomic mass is 10.1. The second-order valence-corrected chi connectivity index (χ2v) is 7.31. The molecule has 1 fully saturated rings. The zero-order valence-corrected chi connectivity index (χ0v) is 14.9. The van der Waals surface area contributed by atoms with Gasteiger partial charge in [0, 0.05) is 56.1 Å². The minimum absolute atomic E-state index is 0.0461. The molecule has 0 aliphatic carbocycles. The van der Waals surface area contributed by atoms with Gasteiger partial charge in [0.1, 0.15) is 0 Å². The van der Waals surface area contributed by atoms with Crippen LogP contribution in [0.15, 0.2) is 24.3 Å². The van der Waals surface area contributed by atoms with E-state index in [1.807, 2.05) is 12.1 Å². The Balaban J connectivity index is 1.79. The van der Waals surface area contributed by atoms with Crippen molar-refractivity contribution in [2.45, 2.75) is 32.7 Å². The number of likely N-dealkylation sites (N-methyl/N-ethyl adjacent to an activating group) is 1. The lowest BCUT2D eigenvalue weighted by Crippen LogP contribution is -2.44. The number of amides is 1. The van der Waals surface area contributed by atoms with Gasteiger partial charge in [-0.1, -0.05) is 0 Å². The molecule has 23 heavy (non-hydrogen) atoms. The molecule has 0 aromatic heterocycles. The largest absolute Gasteiger partial charge is 0.369 e. The molecule has 2 N–H and O–H groups in total. The van der Waals surface area contributed by atoms with Crippen molar-refractivity contribution in [2.24, 2.45) is 0 Å². The van der Waals surface area contributed by atoms with Gasteiger partial charge in [-0.25, -0.2) is 0 Å². The molecule has 2 rings (SSSR count). The molecule has 0 atom stereocenters. The van der Waals surface area contributed by atoms with E-state index in [9.17, 15) is 4.79 Å². The van der Waals surface area contributed by atoms with Gasteiger partial charge in [-0.15, -0.1) is 0 Å². The molecule has 0 spiro atoms. The third kappa shape index (κ3) is 6.20. The maximum absolute atomic E-state index is 12.0. The Labute approximate surface area is 140 Å². The van der Waals surface area contributed by atoms with Crippen molar-refractivity contribution in [1.29, 1.82) is 0 Å². The van der Waals surface area contributed by atoms with E-state index < -0.39 is 0 Å². The number of benzene rings is 1. The van der Waals surface area contributed by atoms with Gasteiger partial charge in [-0.2, -0.15) is 0 Å². The van der Waals surface area contributed by atoms with Crippen molar-refractivity contribution >= 4 is 17.3 Å². The van der Waals surface area contributed by atoms with Crippen LogP contribution in [0.4, 0.5) is 11.4 Å². The molecule has 5 nitrogen and oxygen atoms in total. The Morgan fingerprint density at radius 2 is 1.70 bits per heavy atom. The van der Waals surface area contributed by atoms with Crippen LogP contribution in [-0.2, 0) is 4.79 Å². The number of nitrogens with one attached hydrogen (secondary N) is 2. The summed E-state index contributed by atoms with van der Waals surface area (Å²) in [5.74, 6) is 0.0501. The summed E-state index contributed by atoms with van der Waals surface area (Å²) in [4.78, 5) is 16.7. The van der Waals surface area contributed by atoms with E-state index >= 15 is 0 Å². The Kier molecular flexibility index (Phi) is 6.02. The van der Waals surface area contributed by atoms with Crippen LogP contribution in [0, 0.1) is 0 Å². The molecule has 1 heterocycles. The molecule has 1 amide bonds. The van der Waals surface area contributed by atoms with E-state index in [1.54, 1.807) is 0 Å². The molecule has 1 saturated heterocycles. The van der Waals surface area contributed by atoms with E-state index in [2.05, 4.69) is 60.4 Å². The molecule has 0 unspecified atom stereocenters. The Bertz CT molecular complexity index is 499. The van der Waals surface area contributed by atoms with Crippen molar-refractivity contribution in [2.75, 3.05) is 50.0 Å². The van der Waals surface area contributed by atoms with Gasteiger partial charge in [0.25, 0.3) is 0 Å². The van der Waals surface area contributed by atoms with Gasteiger partial charge >= 0.3 is 0 Å². The first-order valence-corrected chi connectivity index (χ1v) is 8.42. The van der Waals surface area contributed by atoms with Crippen LogP contribution >= 0.6 is 0 Å². The predicted molar refractivity (Wildman–Crippen MR) is 97.2 cm³/mol. The highest BCUT2D eigenvalue weighted by molar-refractivity contribution is 5.91. The molecule has 5 heteroatoms. The van der Waals surface area contributed by atoms with Crippen molar-refractivity contribution in [3.8, 4) is 0 Å². The summed E-state index contributed by atoms with van der Waals surface area (Å²) < 4.78 is 0. The summed E-state index contributed by atoms with van der Waals surface area (Å²) >= 11 is 0. The lowest BCUT2D eigenvalue weighted by molar-refractivity contribution is -0.116. The van der Waals surface area contributed by atoms with Gasteiger partial charge < -0.3 is 20.4 Å². The fourth-order valence-electron chi connectivity index (χ4n) is 2.59. The zero-order chi connectivity index (χ0) is 16.9. The number of carbonyl (C=O) groups is 1. The summed E-state index contributed by atoms with van der Waals surface area (Å²) in [7, 11) is 2.16. The fraction of sp³-hybridized carbons (Fsp3) is 0.611. The monoisotopic (exact) mass is 318 g/mol. The normalized spacial score (nSPS) is 16.4. The summed E-state index contributed by atoms with van der Waals surface area (Å²) in [5.41, 5.74) is 2.14. The Morgan fingerprint density at radius 1 is 1.09 bits per heavy atom. The zero-order valence-electron chi connectivity index (χ0n) is 14.9. The number of anilines is 2. The molecule has 0 saturated carbocycles. The van der Waals surface area contributed by atoms with Crippen molar-refractivity contribution in [3.05, 3.63) is 24.3 Å². The first-order chi connectivity index (χ1) is 10.8. The highest BCUT2D eigenvalue weighted by Crippen LogP contribution is 2.19. The first-order valence-electron chi connectivity index (χ1n) is 8.42. The van der Waals surface area contributed by atoms with E-state index in [0.717, 1.165) is 31.9 Å². The average molecular weight is 318 g/mol. The summed E-state index contributed by atoms with van der Waals surface area (Å²) in [6.07, 6.45) is 0.484. The molecular weight excluding hydrogens is 288 g/mol. The number of nitrogens with zero attached hydrogens (tertiary/aromatic N) is 2. The molecule has 1 aliphatic rings. The van der Waals surface area contributed by atoms with E-state index in [4.69, 9.17) is 0 Å². The second kappa shape index (κ2) is 7.79. The Hall–Kier alpha value is -1.59. The first kappa shape index (κ1) is 17.8. The topological polar surface area (TPSA) is 47.6 Å². The number of piperazine rings is 1. The van der Waals surface area contributed by atoms with E-state index in [-0.39, 0.29) is 11.4 Å². The fourth-order valence-corrected chi connectivity index (χ4v) is 2.59. The van der Waals surface area contributed by atoms with Gasteiger partial charge in [0.05, 0.1) is 0 Å². The van der Waals surface area contributed by atoms with E-state index in [0.29, 0.717) is 13.0 Å². The minimum Gasteiger partial charge on any atom is -0.369 e. The van der Waals surface area contributed by atoms with Gasteiger partial charge in [0.15, 0.2) is 0 Å². The van der Waals surface area contributed by atoms with Crippen LogP contribution in [0.25, 0.3) is 0 Å². The summed E-state index contributed by atoms with van der Waals surface area (Å²) in [6, 6.07) is 8.16. The van der Waals surface area contributed by atoms with Crippen LogP contribution in [0.1, 0.15) is 27.2 Å². The highest BCUT2D eigenvalue weighted by Gasteiger charge is 2.14. The lowest BCUT2D eigenvalue weighted by Gasteiger charge is -2.34. The molecule has 0 radical (unpaired) electrons. The number of carbonyl (C=O) groups excluding carboxylic acids is 1. The molecule has 1 aliphatic heterocycles. The standard InChI is InChI=1S/C18H30N4O/c1-18(2,3)19-10-9-17(23)20-15-5-7-16(8-6-15)22-13-11-21(4)12-14-22/h5-8,19H,9-14H2,1-4H3,(H,20,23). The predicted octanol–water partition coefficient (Wildman–Crippen LogP) is 2.16. The van der Waals surface area contributed by atoms with Crippen LogP contribution in [0.2, 0.25) is 0 Å². The van der Waals surface area contributed by atoms with Crippen LogP contribution < -0.4 is 15.5 Å². The quantitative estimate of drug-likeness (QED) is 0.873. The van der Waals surface area contributed by atoms with Crippen LogP contribution in [-0.4, -0.2) is 56.1 Å². The number of hydrogen-bond donors (Lipinski definition) is 2. The van der Waals surface area contributed by atoms with Crippen molar-refractivity contribution in [3.63, 3.8) is 0 Å². The Morgan fingerprint density at radius 3 is 2.26 bits per heavy atom. The van der Waals surface area contributed by atoms with E-state index in [1.165, 1.54) is 5.69 Å². The number of rotatable bonds is 5.